The van der Waals surface area contributed by atoms with Crippen molar-refractivity contribution in [1.29, 1.82) is 0 Å². The van der Waals surface area contributed by atoms with Gasteiger partial charge >= 0.3 is 0 Å². The summed E-state index contributed by atoms with van der Waals surface area (Å²) in [5.74, 6) is -0.254. The summed E-state index contributed by atoms with van der Waals surface area (Å²) in [6, 6.07) is 12.7. The zero-order valence-electron chi connectivity index (χ0n) is 19.1. The fourth-order valence-corrected chi connectivity index (χ4v) is 5.23. The maximum Gasteiger partial charge on any atom is 0.254 e. The quantitative estimate of drug-likeness (QED) is 0.548. The van der Waals surface area contributed by atoms with Crippen molar-refractivity contribution in [1.82, 2.24) is 20.0 Å². The van der Waals surface area contributed by atoms with Gasteiger partial charge < -0.3 is 15.0 Å². The second-order valence-electron chi connectivity index (χ2n) is 9.05. The summed E-state index contributed by atoms with van der Waals surface area (Å²) >= 11 is 6.35. The maximum absolute atomic E-state index is 13.9. The third kappa shape index (κ3) is 4.73. The first kappa shape index (κ1) is 23.0. The largest absolute Gasteiger partial charge is 0.381 e. The van der Waals surface area contributed by atoms with Crippen LogP contribution in [0, 0.1) is 5.82 Å². The highest BCUT2D eigenvalue weighted by molar-refractivity contribution is 6.33. The van der Waals surface area contributed by atoms with Gasteiger partial charge in [0.2, 0.25) is 0 Å². The first-order chi connectivity index (χ1) is 16.5. The second-order valence-corrected chi connectivity index (χ2v) is 9.46. The Labute approximate surface area is 203 Å². The molecule has 1 amide bonds. The van der Waals surface area contributed by atoms with Gasteiger partial charge in [0.25, 0.3) is 5.91 Å². The summed E-state index contributed by atoms with van der Waals surface area (Å²) < 4.78 is 21.1. The van der Waals surface area contributed by atoms with Gasteiger partial charge in [0.15, 0.2) is 0 Å². The molecule has 0 bridgehead atoms. The van der Waals surface area contributed by atoms with Gasteiger partial charge in [-0.3, -0.25) is 9.48 Å². The molecule has 0 radical (unpaired) electrons. The molecule has 178 valence electrons. The molecule has 8 heteroatoms. The molecule has 0 saturated carbocycles. The lowest BCUT2D eigenvalue weighted by Crippen LogP contribution is -2.47. The van der Waals surface area contributed by atoms with E-state index in [1.807, 2.05) is 36.2 Å². The smallest absolute Gasteiger partial charge is 0.254 e. The predicted octanol–water partition coefficient (Wildman–Crippen LogP) is 4.22. The number of nitrogens with zero attached hydrogens (tertiary/aromatic N) is 3. The number of carbonyl (C=O) groups is 1. The van der Waals surface area contributed by atoms with Gasteiger partial charge in [-0.15, -0.1) is 0 Å². The summed E-state index contributed by atoms with van der Waals surface area (Å²) in [7, 11) is 1.85. The number of carbonyl (C=O) groups excluding carboxylic acids is 1. The Balaban J connectivity index is 1.39. The van der Waals surface area contributed by atoms with Gasteiger partial charge in [0, 0.05) is 56.6 Å². The summed E-state index contributed by atoms with van der Waals surface area (Å²) in [6.07, 6.45) is 4.11. The zero-order valence-corrected chi connectivity index (χ0v) is 19.9. The number of nitrogens with one attached hydrogen (secondary N) is 1. The van der Waals surface area contributed by atoms with Crippen LogP contribution in [0.25, 0.3) is 11.3 Å². The van der Waals surface area contributed by atoms with E-state index in [1.54, 1.807) is 23.0 Å². The molecule has 3 heterocycles. The lowest BCUT2D eigenvalue weighted by atomic mass is 10.0. The molecule has 1 aromatic heterocycles. The molecule has 3 aromatic rings. The Morgan fingerprint density at radius 1 is 1.24 bits per heavy atom. The summed E-state index contributed by atoms with van der Waals surface area (Å²) in [5.41, 5.74) is 4.31. The minimum absolute atomic E-state index is 0.00725. The van der Waals surface area contributed by atoms with Gasteiger partial charge in [-0.25, -0.2) is 4.39 Å². The first-order valence-electron chi connectivity index (χ1n) is 11.7. The highest BCUT2D eigenvalue weighted by Gasteiger charge is 2.33. The molecular weight excluding hydrogens is 455 g/mol. The Morgan fingerprint density at radius 2 is 2.06 bits per heavy atom. The second kappa shape index (κ2) is 9.86. The zero-order chi connectivity index (χ0) is 23.7. The van der Waals surface area contributed by atoms with Crippen molar-refractivity contribution in [3.8, 4) is 11.3 Å². The van der Waals surface area contributed by atoms with Crippen LogP contribution >= 0.6 is 11.6 Å². The SMILES string of the molecule is Cn1ncc(Cl)c1-c1ccc2c(c1)CN([C@H](CNC1CCOCC1)Cc1cccc(F)c1)C2=O. The molecule has 5 rings (SSSR count). The lowest BCUT2D eigenvalue weighted by molar-refractivity contribution is 0.0644. The van der Waals surface area contributed by atoms with E-state index in [4.69, 9.17) is 16.3 Å². The standard InChI is InChI=1S/C26H28ClFN4O2/c1-31-25(24(27)15-30-31)18-5-6-23-19(13-18)16-32(26(23)33)22(12-17-3-2-4-20(28)11-17)14-29-21-7-9-34-10-8-21/h2-6,11,13,15,21-22,29H,7-10,12,14,16H2,1H3/t22-/m0/s1. The fourth-order valence-electron chi connectivity index (χ4n) is 4.95. The minimum atomic E-state index is -0.262. The Morgan fingerprint density at radius 3 is 2.79 bits per heavy atom. The molecule has 2 aliphatic rings. The monoisotopic (exact) mass is 482 g/mol. The van der Waals surface area contributed by atoms with Crippen LogP contribution in [-0.2, 0) is 24.8 Å². The van der Waals surface area contributed by atoms with E-state index in [-0.39, 0.29) is 17.8 Å². The van der Waals surface area contributed by atoms with Crippen LogP contribution in [-0.4, -0.2) is 52.4 Å². The molecule has 1 saturated heterocycles. The highest BCUT2D eigenvalue weighted by atomic mass is 35.5. The normalized spacial score (nSPS) is 17.3. The van der Waals surface area contributed by atoms with Gasteiger partial charge in [0.05, 0.1) is 16.9 Å². The van der Waals surface area contributed by atoms with E-state index in [9.17, 15) is 9.18 Å². The molecule has 2 aromatic carbocycles. The Kier molecular flexibility index (Phi) is 6.68. The van der Waals surface area contributed by atoms with Crippen LogP contribution in [0.4, 0.5) is 4.39 Å². The van der Waals surface area contributed by atoms with E-state index in [0.29, 0.717) is 36.1 Å². The minimum Gasteiger partial charge on any atom is -0.381 e. The molecule has 1 atom stereocenters. The topological polar surface area (TPSA) is 59.4 Å². The first-order valence-corrected chi connectivity index (χ1v) is 12.0. The number of aryl methyl sites for hydroxylation is 1. The van der Waals surface area contributed by atoms with Crippen LogP contribution in [0.2, 0.25) is 5.02 Å². The van der Waals surface area contributed by atoms with Crippen molar-refractivity contribution < 1.29 is 13.9 Å². The lowest BCUT2D eigenvalue weighted by Gasteiger charge is -2.31. The van der Waals surface area contributed by atoms with Crippen LogP contribution in [0.3, 0.4) is 0 Å². The average Bonchev–Trinajstić information content (AvgIpc) is 3.35. The van der Waals surface area contributed by atoms with E-state index >= 15 is 0 Å². The molecule has 2 aliphatic heterocycles. The van der Waals surface area contributed by atoms with Crippen LogP contribution in [0.5, 0.6) is 0 Å². The number of amides is 1. The molecule has 0 unspecified atom stereocenters. The van der Waals surface area contributed by atoms with Gasteiger partial charge in [0.1, 0.15) is 5.82 Å². The number of rotatable bonds is 7. The predicted molar refractivity (Wildman–Crippen MR) is 129 cm³/mol. The number of hydrogen-bond donors (Lipinski definition) is 1. The number of fused-ring (bicyclic) bond motifs is 1. The van der Waals surface area contributed by atoms with Crippen molar-refractivity contribution in [3.63, 3.8) is 0 Å². The maximum atomic E-state index is 13.9. The third-order valence-corrected chi connectivity index (χ3v) is 7.05. The van der Waals surface area contributed by atoms with E-state index in [1.165, 1.54) is 6.07 Å². The molecule has 1 fully saturated rings. The van der Waals surface area contributed by atoms with Gasteiger partial charge in [-0.05, 0) is 54.7 Å². The van der Waals surface area contributed by atoms with Crippen molar-refractivity contribution >= 4 is 17.5 Å². The molecule has 0 spiro atoms. The Bertz CT molecular complexity index is 1170. The number of hydrogen-bond acceptors (Lipinski definition) is 4. The number of aromatic nitrogens is 2. The third-order valence-electron chi connectivity index (χ3n) is 6.77. The highest BCUT2D eigenvalue weighted by Crippen LogP contribution is 2.33. The average molecular weight is 483 g/mol. The van der Waals surface area contributed by atoms with Gasteiger partial charge in [-0.1, -0.05) is 29.8 Å². The van der Waals surface area contributed by atoms with Crippen molar-refractivity contribution in [3.05, 3.63) is 76.2 Å². The number of benzene rings is 2. The molecular formula is C26H28ClFN4O2. The van der Waals surface area contributed by atoms with Crippen LogP contribution in [0.15, 0.2) is 48.7 Å². The van der Waals surface area contributed by atoms with E-state index < -0.39 is 0 Å². The fraction of sp³-hybridized carbons (Fsp3) is 0.385. The number of halogens is 2. The molecule has 6 nitrogen and oxygen atoms in total. The molecule has 34 heavy (non-hydrogen) atoms. The van der Waals surface area contributed by atoms with E-state index in [0.717, 1.165) is 48.4 Å². The number of ether oxygens (including phenoxy) is 1. The van der Waals surface area contributed by atoms with Crippen LogP contribution in [0.1, 0.15) is 34.3 Å². The molecule has 1 N–H and O–H groups in total. The van der Waals surface area contributed by atoms with Crippen molar-refractivity contribution in [2.45, 2.75) is 37.9 Å². The van der Waals surface area contributed by atoms with Crippen molar-refractivity contribution in [2.75, 3.05) is 19.8 Å². The van der Waals surface area contributed by atoms with Gasteiger partial charge in [-0.2, -0.15) is 5.10 Å². The Hall–Kier alpha value is -2.74. The van der Waals surface area contributed by atoms with Crippen LogP contribution < -0.4 is 5.32 Å². The van der Waals surface area contributed by atoms with Crippen molar-refractivity contribution in [2.24, 2.45) is 7.05 Å². The van der Waals surface area contributed by atoms with E-state index in [2.05, 4.69) is 10.4 Å². The molecule has 0 aliphatic carbocycles. The summed E-state index contributed by atoms with van der Waals surface area (Å²) in [5, 5.41) is 8.44. The summed E-state index contributed by atoms with van der Waals surface area (Å²) in [6.45, 7) is 2.65. The summed E-state index contributed by atoms with van der Waals surface area (Å²) in [4.78, 5) is 15.4.